The van der Waals surface area contributed by atoms with Gasteiger partial charge in [-0.25, -0.2) is 26.3 Å². The maximum Gasteiger partial charge on any atom is 0.226 e. The molecule has 0 aromatic heterocycles. The molecule has 5 nitrogen and oxygen atoms in total. The second-order valence-corrected chi connectivity index (χ2v) is 9.69. The SMILES string of the molecule is CS(=O)(=O)NC1CCN(C(=O)C2CC2c2c(F)cccc2-c2c(F)cccc2F)C1. The summed E-state index contributed by atoms with van der Waals surface area (Å²) in [6, 6.07) is 7.19. The molecule has 1 saturated carbocycles. The van der Waals surface area contributed by atoms with Gasteiger partial charge in [-0.1, -0.05) is 18.2 Å². The monoisotopic (exact) mass is 438 g/mol. The van der Waals surface area contributed by atoms with Crippen molar-refractivity contribution in [1.82, 2.24) is 9.62 Å². The molecule has 3 atom stereocenters. The minimum atomic E-state index is -3.37. The van der Waals surface area contributed by atoms with Crippen molar-refractivity contribution in [2.75, 3.05) is 19.3 Å². The first kappa shape index (κ1) is 20.9. The maximum absolute atomic E-state index is 14.7. The first-order valence-electron chi connectivity index (χ1n) is 9.64. The number of hydrogen-bond acceptors (Lipinski definition) is 3. The topological polar surface area (TPSA) is 66.5 Å². The third kappa shape index (κ3) is 4.09. The Kier molecular flexibility index (Phi) is 5.36. The first-order valence-corrected chi connectivity index (χ1v) is 11.5. The zero-order valence-electron chi connectivity index (χ0n) is 16.2. The van der Waals surface area contributed by atoms with Gasteiger partial charge in [0.05, 0.1) is 11.8 Å². The highest BCUT2D eigenvalue weighted by atomic mass is 32.2. The number of rotatable bonds is 5. The van der Waals surface area contributed by atoms with Crippen molar-refractivity contribution in [3.05, 3.63) is 59.4 Å². The smallest absolute Gasteiger partial charge is 0.226 e. The number of nitrogens with zero attached hydrogens (tertiary/aromatic N) is 1. The molecule has 2 fully saturated rings. The van der Waals surface area contributed by atoms with E-state index in [4.69, 9.17) is 0 Å². The van der Waals surface area contributed by atoms with Crippen LogP contribution in [0.1, 0.15) is 24.3 Å². The number of nitrogens with one attached hydrogen (secondary N) is 1. The van der Waals surface area contributed by atoms with Gasteiger partial charge in [-0.3, -0.25) is 4.79 Å². The number of sulfonamides is 1. The summed E-state index contributed by atoms with van der Waals surface area (Å²) in [6.45, 7) is 0.655. The van der Waals surface area contributed by atoms with E-state index in [2.05, 4.69) is 4.72 Å². The molecule has 1 aliphatic carbocycles. The molecule has 1 N–H and O–H groups in total. The normalized spacial score (nSPS) is 23.6. The summed E-state index contributed by atoms with van der Waals surface area (Å²) in [6.07, 6.45) is 1.95. The number of likely N-dealkylation sites (tertiary alicyclic amines) is 1. The summed E-state index contributed by atoms with van der Waals surface area (Å²) < 4.78 is 68.6. The van der Waals surface area contributed by atoms with E-state index in [-0.39, 0.29) is 35.2 Å². The lowest BCUT2D eigenvalue weighted by Gasteiger charge is -2.18. The third-order valence-corrected chi connectivity index (χ3v) is 6.41. The van der Waals surface area contributed by atoms with Crippen molar-refractivity contribution in [3.8, 4) is 11.1 Å². The van der Waals surface area contributed by atoms with Crippen LogP contribution in [0.4, 0.5) is 13.2 Å². The van der Waals surface area contributed by atoms with Gasteiger partial charge in [-0.2, -0.15) is 0 Å². The van der Waals surface area contributed by atoms with Crippen molar-refractivity contribution in [3.63, 3.8) is 0 Å². The van der Waals surface area contributed by atoms with Crippen molar-refractivity contribution in [1.29, 1.82) is 0 Å². The third-order valence-electron chi connectivity index (χ3n) is 5.64. The molecule has 2 aromatic carbocycles. The number of hydrogen-bond donors (Lipinski definition) is 1. The van der Waals surface area contributed by atoms with E-state index in [0.717, 1.165) is 18.4 Å². The number of carbonyl (C=O) groups is 1. The van der Waals surface area contributed by atoms with Gasteiger partial charge in [0.2, 0.25) is 15.9 Å². The van der Waals surface area contributed by atoms with Crippen molar-refractivity contribution in [2.24, 2.45) is 5.92 Å². The Balaban J connectivity index is 1.56. The molecule has 0 spiro atoms. The summed E-state index contributed by atoms with van der Waals surface area (Å²) in [5, 5.41) is 0. The Hall–Kier alpha value is -2.39. The molecule has 4 rings (SSSR count). The van der Waals surface area contributed by atoms with Gasteiger partial charge in [0.15, 0.2) is 0 Å². The molecule has 9 heteroatoms. The molecule has 1 saturated heterocycles. The van der Waals surface area contributed by atoms with Crippen LogP contribution in [0.5, 0.6) is 0 Å². The van der Waals surface area contributed by atoms with Crippen LogP contribution >= 0.6 is 0 Å². The van der Waals surface area contributed by atoms with Gasteiger partial charge in [0, 0.05) is 25.0 Å². The van der Waals surface area contributed by atoms with Crippen molar-refractivity contribution >= 4 is 15.9 Å². The number of carbonyl (C=O) groups excluding carboxylic acids is 1. The molecule has 1 amide bonds. The van der Waals surface area contributed by atoms with Gasteiger partial charge in [0.25, 0.3) is 0 Å². The Morgan fingerprint density at radius 2 is 1.70 bits per heavy atom. The van der Waals surface area contributed by atoms with Crippen LogP contribution in [-0.2, 0) is 14.8 Å². The number of amides is 1. The molecule has 2 aliphatic rings. The minimum absolute atomic E-state index is 0.115. The van der Waals surface area contributed by atoms with Crippen LogP contribution < -0.4 is 4.72 Å². The van der Waals surface area contributed by atoms with E-state index in [1.165, 1.54) is 24.3 Å². The zero-order chi connectivity index (χ0) is 21.6. The van der Waals surface area contributed by atoms with Gasteiger partial charge < -0.3 is 4.90 Å². The minimum Gasteiger partial charge on any atom is -0.341 e. The second-order valence-electron chi connectivity index (χ2n) is 7.91. The highest BCUT2D eigenvalue weighted by molar-refractivity contribution is 7.88. The van der Waals surface area contributed by atoms with Crippen LogP contribution in [0.2, 0.25) is 0 Å². The van der Waals surface area contributed by atoms with E-state index in [0.29, 0.717) is 19.4 Å². The summed E-state index contributed by atoms with van der Waals surface area (Å²) in [5.74, 6) is -3.35. The molecule has 0 radical (unpaired) electrons. The highest BCUT2D eigenvalue weighted by Crippen LogP contribution is 2.52. The molecule has 160 valence electrons. The molecule has 3 unspecified atom stereocenters. The van der Waals surface area contributed by atoms with E-state index >= 15 is 0 Å². The first-order chi connectivity index (χ1) is 14.2. The molecule has 2 aromatic rings. The quantitative estimate of drug-likeness (QED) is 0.781. The Morgan fingerprint density at radius 3 is 2.37 bits per heavy atom. The Labute approximate surface area is 172 Å². The molecular formula is C21H21F3N2O3S. The maximum atomic E-state index is 14.7. The van der Waals surface area contributed by atoms with E-state index in [9.17, 15) is 26.4 Å². The molecule has 0 bridgehead atoms. The largest absolute Gasteiger partial charge is 0.341 e. The average molecular weight is 438 g/mol. The second kappa shape index (κ2) is 7.70. The lowest BCUT2D eigenvalue weighted by Crippen LogP contribution is -2.38. The summed E-state index contributed by atoms with van der Waals surface area (Å²) in [4.78, 5) is 14.4. The van der Waals surface area contributed by atoms with Crippen LogP contribution in [0.3, 0.4) is 0 Å². The van der Waals surface area contributed by atoms with Crippen LogP contribution in [0.15, 0.2) is 36.4 Å². The average Bonchev–Trinajstić information content (AvgIpc) is 3.30. The fourth-order valence-electron chi connectivity index (χ4n) is 4.27. The summed E-state index contributed by atoms with van der Waals surface area (Å²) in [7, 11) is -3.37. The summed E-state index contributed by atoms with van der Waals surface area (Å²) >= 11 is 0. The fraction of sp³-hybridized carbons (Fsp3) is 0.381. The molecule has 1 heterocycles. The molecule has 30 heavy (non-hydrogen) atoms. The number of halogens is 3. The van der Waals surface area contributed by atoms with E-state index < -0.39 is 39.3 Å². The van der Waals surface area contributed by atoms with Crippen LogP contribution in [-0.4, -0.2) is 44.6 Å². The van der Waals surface area contributed by atoms with E-state index in [1.54, 1.807) is 4.90 Å². The van der Waals surface area contributed by atoms with Gasteiger partial charge in [-0.15, -0.1) is 0 Å². The lowest BCUT2D eigenvalue weighted by molar-refractivity contribution is -0.131. The van der Waals surface area contributed by atoms with Crippen LogP contribution in [0.25, 0.3) is 11.1 Å². The van der Waals surface area contributed by atoms with Crippen molar-refractivity contribution < 1.29 is 26.4 Å². The van der Waals surface area contributed by atoms with Crippen LogP contribution in [0, 0.1) is 23.4 Å². The van der Waals surface area contributed by atoms with Gasteiger partial charge in [-0.05, 0) is 48.1 Å². The van der Waals surface area contributed by atoms with Crippen molar-refractivity contribution in [2.45, 2.75) is 24.8 Å². The Bertz CT molecular complexity index is 1090. The lowest BCUT2D eigenvalue weighted by atomic mass is 9.94. The standard InChI is InChI=1S/C21H21F3N2O3S/c1-30(28,29)25-12-8-9-26(11-12)21(27)15-10-14(15)19-13(4-2-5-16(19)22)20-17(23)6-3-7-18(20)24/h2-7,12,14-15,25H,8-11H2,1H3. The highest BCUT2D eigenvalue weighted by Gasteiger charge is 2.49. The summed E-state index contributed by atoms with van der Waals surface area (Å²) in [5.41, 5.74) is -0.0440. The van der Waals surface area contributed by atoms with E-state index in [1.807, 2.05) is 0 Å². The number of benzene rings is 2. The Morgan fingerprint density at radius 1 is 1.07 bits per heavy atom. The fourth-order valence-corrected chi connectivity index (χ4v) is 5.07. The van der Waals surface area contributed by atoms with Gasteiger partial charge >= 0.3 is 0 Å². The molecular weight excluding hydrogens is 417 g/mol. The predicted octanol–water partition coefficient (Wildman–Crippen LogP) is 3.02. The predicted molar refractivity (Wildman–Crippen MR) is 106 cm³/mol. The van der Waals surface area contributed by atoms with Gasteiger partial charge in [0.1, 0.15) is 17.5 Å². The molecule has 1 aliphatic heterocycles. The zero-order valence-corrected chi connectivity index (χ0v) is 17.1.